The maximum atomic E-state index is 12.8. The lowest BCUT2D eigenvalue weighted by Crippen LogP contribution is -2.51. The molecule has 0 saturated carbocycles. The average Bonchev–Trinajstić information content (AvgIpc) is 3.03. The molecule has 1 saturated heterocycles. The summed E-state index contributed by atoms with van der Waals surface area (Å²) in [7, 11) is 0. The molecule has 116 valence electrons. The highest BCUT2D eigenvalue weighted by atomic mass is 32.2. The van der Waals surface area contributed by atoms with Crippen LogP contribution < -0.4 is 0 Å². The van der Waals surface area contributed by atoms with Gasteiger partial charge >= 0.3 is 5.97 Å². The van der Waals surface area contributed by atoms with E-state index in [2.05, 4.69) is 15.5 Å². The van der Waals surface area contributed by atoms with Crippen molar-refractivity contribution in [1.82, 2.24) is 24.9 Å². The highest BCUT2D eigenvalue weighted by Crippen LogP contribution is 2.21. The lowest BCUT2D eigenvalue weighted by Gasteiger charge is -2.33. The van der Waals surface area contributed by atoms with E-state index < -0.39 is 6.04 Å². The van der Waals surface area contributed by atoms with Gasteiger partial charge in [0.2, 0.25) is 0 Å². The minimum atomic E-state index is -0.567. The van der Waals surface area contributed by atoms with E-state index >= 15 is 0 Å². The van der Waals surface area contributed by atoms with Crippen molar-refractivity contribution in [3.63, 3.8) is 0 Å². The first-order chi connectivity index (χ1) is 10.7. The van der Waals surface area contributed by atoms with Crippen molar-refractivity contribution in [2.24, 2.45) is 0 Å². The molecule has 1 aliphatic rings. The Morgan fingerprint density at radius 2 is 2.36 bits per heavy atom. The Kier molecular flexibility index (Phi) is 4.23. The summed E-state index contributed by atoms with van der Waals surface area (Å²) in [5, 5.41) is 11.2. The summed E-state index contributed by atoms with van der Waals surface area (Å²) >= 11 is 1.64. The Bertz CT molecular complexity index is 704. The second-order valence-corrected chi connectivity index (χ2v) is 5.86. The molecule has 0 aromatic carbocycles. The van der Waals surface area contributed by atoms with Crippen molar-refractivity contribution in [1.29, 1.82) is 0 Å². The Hall–Kier alpha value is -2.16. The fraction of sp³-hybridized carbons (Fsp3) is 0.462. The van der Waals surface area contributed by atoms with Gasteiger partial charge in [-0.1, -0.05) is 0 Å². The van der Waals surface area contributed by atoms with E-state index in [1.54, 1.807) is 41.9 Å². The average molecular weight is 321 g/mol. The van der Waals surface area contributed by atoms with E-state index in [1.165, 1.54) is 4.52 Å². The monoisotopic (exact) mass is 321 g/mol. The van der Waals surface area contributed by atoms with Crippen molar-refractivity contribution in [2.45, 2.75) is 13.0 Å². The number of hydrogen-bond donors (Lipinski definition) is 0. The molecular formula is C13H15N5O3S. The lowest BCUT2D eigenvalue weighted by atomic mass is 10.2. The quantitative estimate of drug-likeness (QED) is 0.748. The number of hydrogen-bond acceptors (Lipinski definition) is 7. The standard InChI is InChI=1S/C13H15N5O3S/c1-2-21-13(20)10-8-22-7-6-17(10)12(19)9-4-3-5-18-11(9)14-15-16-18/h3-5,10H,2,6-8H2,1H3. The zero-order valence-electron chi connectivity index (χ0n) is 12.0. The van der Waals surface area contributed by atoms with Crippen LogP contribution in [0.2, 0.25) is 0 Å². The maximum Gasteiger partial charge on any atom is 0.329 e. The first-order valence-corrected chi connectivity index (χ1v) is 8.10. The number of aromatic nitrogens is 4. The zero-order valence-corrected chi connectivity index (χ0v) is 12.8. The molecule has 3 rings (SSSR count). The van der Waals surface area contributed by atoms with E-state index in [-0.39, 0.29) is 11.9 Å². The highest BCUT2D eigenvalue weighted by molar-refractivity contribution is 7.99. The van der Waals surface area contributed by atoms with Crippen molar-refractivity contribution in [3.05, 3.63) is 23.9 Å². The molecule has 1 unspecified atom stereocenters. The van der Waals surface area contributed by atoms with Crippen LogP contribution >= 0.6 is 11.8 Å². The predicted octanol–water partition coefficient (Wildman–Crippen LogP) is 0.245. The third-order valence-corrected chi connectivity index (χ3v) is 4.42. The molecule has 2 aromatic rings. The number of amides is 1. The molecule has 8 nitrogen and oxygen atoms in total. The number of thioether (sulfide) groups is 1. The van der Waals surface area contributed by atoms with Crippen molar-refractivity contribution >= 4 is 29.3 Å². The second-order valence-electron chi connectivity index (χ2n) is 4.71. The smallest absolute Gasteiger partial charge is 0.329 e. The van der Waals surface area contributed by atoms with Crippen LogP contribution in [-0.4, -0.2) is 67.5 Å². The van der Waals surface area contributed by atoms with Gasteiger partial charge in [0.05, 0.1) is 12.2 Å². The van der Waals surface area contributed by atoms with Gasteiger partial charge in [0.25, 0.3) is 5.91 Å². The van der Waals surface area contributed by atoms with E-state index in [1.807, 2.05) is 0 Å². The Morgan fingerprint density at radius 1 is 1.50 bits per heavy atom. The van der Waals surface area contributed by atoms with Crippen molar-refractivity contribution in [2.75, 3.05) is 24.7 Å². The zero-order chi connectivity index (χ0) is 15.5. The first kappa shape index (κ1) is 14.8. The van der Waals surface area contributed by atoms with Crippen LogP contribution in [0.3, 0.4) is 0 Å². The largest absolute Gasteiger partial charge is 0.464 e. The van der Waals surface area contributed by atoms with Crippen LogP contribution in [0.25, 0.3) is 5.65 Å². The SMILES string of the molecule is CCOC(=O)C1CSCCN1C(=O)c1cccn2nnnc12. The van der Waals surface area contributed by atoms with E-state index in [4.69, 9.17) is 4.74 Å². The summed E-state index contributed by atoms with van der Waals surface area (Å²) in [5.74, 6) is 0.710. The molecule has 0 bridgehead atoms. The van der Waals surface area contributed by atoms with Gasteiger partial charge in [-0.3, -0.25) is 4.79 Å². The molecule has 0 radical (unpaired) electrons. The van der Waals surface area contributed by atoms with Gasteiger partial charge in [-0.2, -0.15) is 16.3 Å². The number of tetrazole rings is 1. The van der Waals surface area contributed by atoms with Crippen LogP contribution in [0.5, 0.6) is 0 Å². The fourth-order valence-corrected chi connectivity index (χ4v) is 3.40. The van der Waals surface area contributed by atoms with Gasteiger partial charge < -0.3 is 9.64 Å². The van der Waals surface area contributed by atoms with Crippen LogP contribution in [0.1, 0.15) is 17.3 Å². The molecule has 1 fully saturated rings. The number of fused-ring (bicyclic) bond motifs is 1. The molecule has 0 spiro atoms. The lowest BCUT2D eigenvalue weighted by molar-refractivity contribution is -0.147. The minimum Gasteiger partial charge on any atom is -0.464 e. The molecule has 3 heterocycles. The minimum absolute atomic E-state index is 0.251. The Morgan fingerprint density at radius 3 is 3.18 bits per heavy atom. The van der Waals surface area contributed by atoms with Crippen LogP contribution in [0.4, 0.5) is 0 Å². The van der Waals surface area contributed by atoms with E-state index in [0.29, 0.717) is 30.1 Å². The van der Waals surface area contributed by atoms with Gasteiger partial charge in [0.1, 0.15) is 6.04 Å². The number of carbonyl (C=O) groups is 2. The number of nitrogens with zero attached hydrogens (tertiary/aromatic N) is 5. The molecule has 1 amide bonds. The maximum absolute atomic E-state index is 12.8. The summed E-state index contributed by atoms with van der Waals surface area (Å²) in [5.41, 5.74) is 0.766. The number of pyridine rings is 1. The number of rotatable bonds is 3. The number of esters is 1. The molecule has 0 N–H and O–H groups in total. The highest BCUT2D eigenvalue weighted by Gasteiger charge is 2.35. The number of ether oxygens (including phenoxy) is 1. The van der Waals surface area contributed by atoms with Gasteiger partial charge in [-0.05, 0) is 29.5 Å². The topological polar surface area (TPSA) is 89.7 Å². The second kappa shape index (κ2) is 6.30. The summed E-state index contributed by atoms with van der Waals surface area (Å²) < 4.78 is 6.51. The van der Waals surface area contributed by atoms with Crippen LogP contribution in [0, 0.1) is 0 Å². The third-order valence-electron chi connectivity index (χ3n) is 3.40. The van der Waals surface area contributed by atoms with Gasteiger partial charge in [0.15, 0.2) is 5.65 Å². The fourth-order valence-electron chi connectivity index (χ4n) is 2.37. The molecule has 1 aliphatic heterocycles. The molecule has 0 aliphatic carbocycles. The third kappa shape index (κ3) is 2.63. The Balaban J connectivity index is 1.92. The Labute approximate surface area is 130 Å². The summed E-state index contributed by atoms with van der Waals surface area (Å²) in [6.45, 7) is 2.55. The van der Waals surface area contributed by atoms with Gasteiger partial charge in [-0.15, -0.1) is 5.10 Å². The van der Waals surface area contributed by atoms with Crippen molar-refractivity contribution < 1.29 is 14.3 Å². The first-order valence-electron chi connectivity index (χ1n) is 6.94. The van der Waals surface area contributed by atoms with E-state index in [0.717, 1.165) is 5.75 Å². The van der Waals surface area contributed by atoms with Crippen molar-refractivity contribution in [3.8, 4) is 0 Å². The van der Waals surface area contributed by atoms with Crippen LogP contribution in [0.15, 0.2) is 18.3 Å². The molecule has 22 heavy (non-hydrogen) atoms. The normalized spacial score (nSPS) is 18.4. The van der Waals surface area contributed by atoms with Gasteiger partial charge in [0, 0.05) is 24.2 Å². The predicted molar refractivity (Wildman–Crippen MR) is 79.6 cm³/mol. The van der Waals surface area contributed by atoms with Gasteiger partial charge in [-0.25, -0.2) is 4.79 Å². The molecule has 2 aromatic heterocycles. The van der Waals surface area contributed by atoms with E-state index in [9.17, 15) is 9.59 Å². The summed E-state index contributed by atoms with van der Waals surface area (Å²) in [6.07, 6.45) is 1.67. The molecule has 1 atom stereocenters. The summed E-state index contributed by atoms with van der Waals surface area (Å²) in [4.78, 5) is 26.5. The summed E-state index contributed by atoms with van der Waals surface area (Å²) in [6, 6.07) is 2.80. The number of carbonyl (C=O) groups excluding carboxylic acids is 2. The van der Waals surface area contributed by atoms with Crippen LogP contribution in [-0.2, 0) is 9.53 Å². The molecule has 9 heteroatoms. The molecular weight excluding hydrogens is 306 g/mol.